The van der Waals surface area contributed by atoms with E-state index in [-0.39, 0.29) is 5.91 Å². The van der Waals surface area contributed by atoms with E-state index in [1.54, 1.807) is 18.2 Å². The molecule has 4 nitrogen and oxygen atoms in total. The fourth-order valence-electron chi connectivity index (χ4n) is 2.17. The molecular formula is C16H14BrNO3. The molecule has 0 spiro atoms. The first kappa shape index (κ1) is 13.9. The van der Waals surface area contributed by atoms with Gasteiger partial charge in [-0.25, -0.2) is 0 Å². The van der Waals surface area contributed by atoms with Crippen LogP contribution in [0.5, 0.6) is 11.5 Å². The lowest BCUT2D eigenvalue weighted by Crippen LogP contribution is -2.20. The number of hydrogen-bond donors (Lipinski definition) is 1. The molecule has 1 aliphatic heterocycles. The Morgan fingerprint density at radius 1 is 1.19 bits per heavy atom. The number of aryl methyl sites for hydroxylation is 1. The average Bonchev–Trinajstić information content (AvgIpc) is 2.50. The van der Waals surface area contributed by atoms with E-state index in [2.05, 4.69) is 21.2 Å². The summed E-state index contributed by atoms with van der Waals surface area (Å²) in [5.41, 5.74) is 2.24. The van der Waals surface area contributed by atoms with Crippen LogP contribution in [0.4, 0.5) is 5.69 Å². The molecule has 2 aromatic carbocycles. The second kappa shape index (κ2) is 5.77. The van der Waals surface area contributed by atoms with Gasteiger partial charge >= 0.3 is 0 Å². The van der Waals surface area contributed by atoms with Crippen molar-refractivity contribution in [1.29, 1.82) is 0 Å². The number of rotatable bonds is 2. The second-order valence-electron chi connectivity index (χ2n) is 4.74. The average molecular weight is 348 g/mol. The van der Waals surface area contributed by atoms with E-state index in [0.29, 0.717) is 30.3 Å². The van der Waals surface area contributed by atoms with Gasteiger partial charge in [-0.2, -0.15) is 0 Å². The fourth-order valence-corrected chi connectivity index (χ4v) is 2.53. The van der Waals surface area contributed by atoms with Crippen molar-refractivity contribution in [1.82, 2.24) is 0 Å². The van der Waals surface area contributed by atoms with Gasteiger partial charge in [0.25, 0.3) is 5.91 Å². The summed E-state index contributed by atoms with van der Waals surface area (Å²) in [6, 6.07) is 11.1. The largest absolute Gasteiger partial charge is 0.486 e. The molecule has 0 radical (unpaired) electrons. The lowest BCUT2D eigenvalue weighted by atomic mass is 10.1. The molecule has 1 aliphatic rings. The number of halogens is 1. The molecule has 0 aromatic heterocycles. The molecule has 0 fully saturated rings. The van der Waals surface area contributed by atoms with Gasteiger partial charge in [0.15, 0.2) is 11.5 Å². The summed E-state index contributed by atoms with van der Waals surface area (Å²) in [5.74, 6) is 0.910. The van der Waals surface area contributed by atoms with Crippen molar-refractivity contribution in [3.8, 4) is 11.5 Å². The molecule has 2 aromatic rings. The zero-order valence-corrected chi connectivity index (χ0v) is 13.1. The van der Waals surface area contributed by atoms with Gasteiger partial charge in [0.05, 0.1) is 5.56 Å². The Labute approximate surface area is 131 Å². The van der Waals surface area contributed by atoms with Crippen LogP contribution in [-0.4, -0.2) is 19.1 Å². The third-order valence-corrected chi connectivity index (χ3v) is 3.75. The standard InChI is InChI=1S/C16H14BrNO3/c1-10-5-6-11(17)9-13(10)18-16(19)12-3-2-4-14-15(12)21-8-7-20-14/h2-6,9H,7-8H2,1H3,(H,18,19). The van der Waals surface area contributed by atoms with Crippen LogP contribution in [0.3, 0.4) is 0 Å². The third-order valence-electron chi connectivity index (χ3n) is 3.26. The van der Waals surface area contributed by atoms with Crippen LogP contribution in [0.15, 0.2) is 40.9 Å². The van der Waals surface area contributed by atoms with Crippen molar-refractivity contribution in [3.05, 3.63) is 52.0 Å². The summed E-state index contributed by atoms with van der Waals surface area (Å²) >= 11 is 3.41. The molecule has 1 amide bonds. The zero-order chi connectivity index (χ0) is 14.8. The van der Waals surface area contributed by atoms with Crippen LogP contribution >= 0.6 is 15.9 Å². The van der Waals surface area contributed by atoms with E-state index in [9.17, 15) is 4.79 Å². The quantitative estimate of drug-likeness (QED) is 0.899. The van der Waals surface area contributed by atoms with Gasteiger partial charge in [-0.1, -0.05) is 28.1 Å². The Hall–Kier alpha value is -2.01. The highest BCUT2D eigenvalue weighted by Gasteiger charge is 2.20. The van der Waals surface area contributed by atoms with Crippen molar-refractivity contribution in [3.63, 3.8) is 0 Å². The van der Waals surface area contributed by atoms with Crippen molar-refractivity contribution in [2.45, 2.75) is 6.92 Å². The Morgan fingerprint density at radius 2 is 2.00 bits per heavy atom. The van der Waals surface area contributed by atoms with Gasteiger partial charge < -0.3 is 14.8 Å². The van der Waals surface area contributed by atoms with Gasteiger partial charge in [-0.15, -0.1) is 0 Å². The topological polar surface area (TPSA) is 47.6 Å². The summed E-state index contributed by atoms with van der Waals surface area (Å²) < 4.78 is 12.0. The number of nitrogens with one attached hydrogen (secondary N) is 1. The molecule has 0 atom stereocenters. The van der Waals surface area contributed by atoms with Gasteiger partial charge in [0.1, 0.15) is 13.2 Å². The maximum atomic E-state index is 12.5. The molecule has 21 heavy (non-hydrogen) atoms. The number of fused-ring (bicyclic) bond motifs is 1. The highest BCUT2D eigenvalue weighted by atomic mass is 79.9. The normalized spacial score (nSPS) is 12.9. The lowest BCUT2D eigenvalue weighted by Gasteiger charge is -2.20. The van der Waals surface area contributed by atoms with Crippen LogP contribution in [-0.2, 0) is 0 Å². The fraction of sp³-hybridized carbons (Fsp3) is 0.188. The van der Waals surface area contributed by atoms with Gasteiger partial charge in [0.2, 0.25) is 0 Å². The Morgan fingerprint density at radius 3 is 2.86 bits per heavy atom. The van der Waals surface area contributed by atoms with Crippen molar-refractivity contribution < 1.29 is 14.3 Å². The Bertz CT molecular complexity index is 700. The number of carbonyl (C=O) groups is 1. The van der Waals surface area contributed by atoms with Gasteiger partial charge in [0, 0.05) is 10.2 Å². The zero-order valence-electron chi connectivity index (χ0n) is 11.5. The minimum absolute atomic E-state index is 0.210. The SMILES string of the molecule is Cc1ccc(Br)cc1NC(=O)c1cccc2c1OCCO2. The van der Waals surface area contributed by atoms with E-state index >= 15 is 0 Å². The Balaban J connectivity index is 1.91. The van der Waals surface area contributed by atoms with E-state index in [4.69, 9.17) is 9.47 Å². The molecule has 0 unspecified atom stereocenters. The predicted octanol–water partition coefficient (Wildman–Crippen LogP) is 3.78. The molecule has 108 valence electrons. The van der Waals surface area contributed by atoms with Crippen molar-refractivity contribution >= 4 is 27.5 Å². The van der Waals surface area contributed by atoms with E-state index < -0.39 is 0 Å². The first-order valence-corrected chi connectivity index (χ1v) is 7.40. The number of anilines is 1. The molecular weight excluding hydrogens is 334 g/mol. The number of carbonyl (C=O) groups excluding carboxylic acids is 1. The van der Waals surface area contributed by atoms with Crippen molar-refractivity contribution in [2.24, 2.45) is 0 Å². The molecule has 0 aliphatic carbocycles. The highest BCUT2D eigenvalue weighted by Crippen LogP contribution is 2.34. The van der Waals surface area contributed by atoms with Crippen LogP contribution in [0.1, 0.15) is 15.9 Å². The summed E-state index contributed by atoms with van der Waals surface area (Å²) in [6.45, 7) is 2.90. The third kappa shape index (κ3) is 2.88. The van der Waals surface area contributed by atoms with Gasteiger partial charge in [-0.05, 0) is 36.8 Å². The molecule has 5 heteroatoms. The number of hydrogen-bond acceptors (Lipinski definition) is 3. The molecule has 1 N–H and O–H groups in total. The highest BCUT2D eigenvalue weighted by molar-refractivity contribution is 9.10. The van der Waals surface area contributed by atoms with E-state index in [1.807, 2.05) is 25.1 Å². The summed E-state index contributed by atoms with van der Waals surface area (Å²) in [6.07, 6.45) is 0. The summed E-state index contributed by atoms with van der Waals surface area (Å²) in [5, 5.41) is 2.91. The second-order valence-corrected chi connectivity index (χ2v) is 5.66. The minimum Gasteiger partial charge on any atom is -0.486 e. The predicted molar refractivity (Wildman–Crippen MR) is 84.3 cm³/mol. The number of amides is 1. The smallest absolute Gasteiger partial charge is 0.259 e. The number of para-hydroxylation sites is 1. The maximum Gasteiger partial charge on any atom is 0.259 e. The number of benzene rings is 2. The molecule has 1 heterocycles. The first-order chi connectivity index (χ1) is 10.1. The molecule has 0 bridgehead atoms. The van der Waals surface area contributed by atoms with E-state index in [0.717, 1.165) is 15.7 Å². The summed E-state index contributed by atoms with van der Waals surface area (Å²) in [7, 11) is 0. The number of ether oxygens (including phenoxy) is 2. The van der Waals surface area contributed by atoms with Crippen LogP contribution in [0.2, 0.25) is 0 Å². The lowest BCUT2D eigenvalue weighted by molar-refractivity contribution is 0.101. The van der Waals surface area contributed by atoms with Gasteiger partial charge in [-0.3, -0.25) is 4.79 Å². The monoisotopic (exact) mass is 347 g/mol. The van der Waals surface area contributed by atoms with Crippen LogP contribution in [0, 0.1) is 6.92 Å². The maximum absolute atomic E-state index is 12.5. The van der Waals surface area contributed by atoms with E-state index in [1.165, 1.54) is 0 Å². The molecule has 3 rings (SSSR count). The minimum atomic E-state index is -0.210. The van der Waals surface area contributed by atoms with Crippen LogP contribution in [0.25, 0.3) is 0 Å². The Kier molecular flexibility index (Phi) is 3.84. The van der Waals surface area contributed by atoms with Crippen molar-refractivity contribution in [2.75, 3.05) is 18.5 Å². The summed E-state index contributed by atoms with van der Waals surface area (Å²) in [4.78, 5) is 12.5. The molecule has 0 saturated heterocycles. The molecule has 0 saturated carbocycles. The first-order valence-electron chi connectivity index (χ1n) is 6.61. The van der Waals surface area contributed by atoms with Crippen LogP contribution < -0.4 is 14.8 Å².